The van der Waals surface area contributed by atoms with Gasteiger partial charge < -0.3 is 4.74 Å². The quantitative estimate of drug-likeness (QED) is 0.662. The van der Waals surface area contributed by atoms with Crippen molar-refractivity contribution in [2.45, 2.75) is 39.2 Å². The number of hydrogen-bond donors (Lipinski definition) is 0. The number of nitrogens with zero attached hydrogens (tertiary/aromatic N) is 1. The van der Waals surface area contributed by atoms with Crippen LogP contribution in [0.15, 0.2) is 0 Å². The van der Waals surface area contributed by atoms with Gasteiger partial charge in [-0.05, 0) is 19.3 Å². The monoisotopic (exact) mass is 183 g/mol. The van der Waals surface area contributed by atoms with E-state index in [1.54, 1.807) is 0 Å². The van der Waals surface area contributed by atoms with Crippen molar-refractivity contribution in [2.75, 3.05) is 26.3 Å². The van der Waals surface area contributed by atoms with Crippen LogP contribution in [0.4, 0.5) is 0 Å². The summed E-state index contributed by atoms with van der Waals surface area (Å²) in [4.78, 5) is 2.63. The van der Waals surface area contributed by atoms with E-state index >= 15 is 0 Å². The maximum atomic E-state index is 5.47. The molecule has 0 aromatic carbocycles. The molecule has 76 valence electrons. The first-order valence-electron chi connectivity index (χ1n) is 5.61. The van der Waals surface area contributed by atoms with E-state index in [1.807, 2.05) is 0 Å². The van der Waals surface area contributed by atoms with Crippen LogP contribution in [-0.2, 0) is 4.74 Å². The maximum Gasteiger partial charge on any atom is 0.0547 e. The number of likely N-dealkylation sites (tertiary alicyclic amines) is 1. The second-order valence-electron chi connectivity index (χ2n) is 4.68. The minimum absolute atomic E-state index is 0.572. The lowest BCUT2D eigenvalue weighted by molar-refractivity contribution is -0.0374. The van der Waals surface area contributed by atoms with Gasteiger partial charge in [0.05, 0.1) is 6.61 Å². The van der Waals surface area contributed by atoms with Gasteiger partial charge >= 0.3 is 0 Å². The fourth-order valence-electron chi connectivity index (χ4n) is 2.78. The first kappa shape index (κ1) is 9.47. The summed E-state index contributed by atoms with van der Waals surface area (Å²) in [6.45, 7) is 9.19. The molecule has 2 fully saturated rings. The van der Waals surface area contributed by atoms with E-state index in [9.17, 15) is 0 Å². The molecule has 0 aliphatic carbocycles. The SMILES string of the molecule is CCC(CC)N1CC2(CCOC2)C1. The average Bonchev–Trinajstić information content (AvgIpc) is 2.54. The molecular formula is C11H21NO. The minimum Gasteiger partial charge on any atom is -0.381 e. The normalized spacial score (nSPS) is 27.0. The van der Waals surface area contributed by atoms with E-state index in [2.05, 4.69) is 18.7 Å². The molecule has 2 aliphatic rings. The Bertz CT molecular complexity index is 163. The minimum atomic E-state index is 0.572. The highest BCUT2D eigenvalue weighted by atomic mass is 16.5. The maximum absolute atomic E-state index is 5.47. The summed E-state index contributed by atoms with van der Waals surface area (Å²) in [6.07, 6.45) is 3.89. The predicted octanol–water partition coefficient (Wildman–Crippen LogP) is 1.90. The summed E-state index contributed by atoms with van der Waals surface area (Å²) in [6, 6.07) is 0.825. The van der Waals surface area contributed by atoms with Crippen LogP contribution in [0, 0.1) is 5.41 Å². The van der Waals surface area contributed by atoms with Crippen molar-refractivity contribution in [3.8, 4) is 0 Å². The van der Waals surface area contributed by atoms with Crippen LogP contribution in [0.1, 0.15) is 33.1 Å². The van der Waals surface area contributed by atoms with E-state index in [-0.39, 0.29) is 0 Å². The molecule has 0 aromatic rings. The highest BCUT2D eigenvalue weighted by Crippen LogP contribution is 2.39. The second kappa shape index (κ2) is 3.58. The van der Waals surface area contributed by atoms with Crippen molar-refractivity contribution in [3.63, 3.8) is 0 Å². The van der Waals surface area contributed by atoms with Gasteiger partial charge in [-0.1, -0.05) is 13.8 Å². The number of ether oxygens (including phenoxy) is 1. The van der Waals surface area contributed by atoms with Crippen LogP contribution < -0.4 is 0 Å². The van der Waals surface area contributed by atoms with Gasteiger partial charge in [-0.2, -0.15) is 0 Å². The molecule has 0 amide bonds. The van der Waals surface area contributed by atoms with Crippen molar-refractivity contribution in [2.24, 2.45) is 5.41 Å². The number of rotatable bonds is 3. The Balaban J connectivity index is 1.82. The lowest BCUT2D eigenvalue weighted by Gasteiger charge is -2.50. The van der Waals surface area contributed by atoms with Crippen molar-refractivity contribution in [3.05, 3.63) is 0 Å². The lowest BCUT2D eigenvalue weighted by atomic mass is 9.78. The van der Waals surface area contributed by atoms with Crippen molar-refractivity contribution in [1.29, 1.82) is 0 Å². The zero-order chi connectivity index (χ0) is 9.31. The zero-order valence-corrected chi connectivity index (χ0v) is 8.88. The van der Waals surface area contributed by atoms with Crippen molar-refractivity contribution in [1.82, 2.24) is 4.90 Å². The molecule has 2 heteroatoms. The molecule has 0 aromatic heterocycles. The molecule has 2 aliphatic heterocycles. The Hall–Kier alpha value is -0.0800. The summed E-state index contributed by atoms with van der Waals surface area (Å²) in [5.74, 6) is 0. The summed E-state index contributed by atoms with van der Waals surface area (Å²) in [5.41, 5.74) is 0.572. The molecule has 0 N–H and O–H groups in total. The van der Waals surface area contributed by atoms with Crippen LogP contribution in [0.25, 0.3) is 0 Å². The molecule has 1 spiro atoms. The average molecular weight is 183 g/mol. The van der Waals surface area contributed by atoms with Gasteiger partial charge in [0.1, 0.15) is 0 Å². The third-order valence-electron chi connectivity index (χ3n) is 3.72. The first-order valence-corrected chi connectivity index (χ1v) is 5.61. The second-order valence-corrected chi connectivity index (χ2v) is 4.68. The van der Waals surface area contributed by atoms with Crippen molar-refractivity contribution < 1.29 is 4.74 Å². The topological polar surface area (TPSA) is 12.5 Å². The Kier molecular flexibility index (Phi) is 2.61. The Morgan fingerprint density at radius 1 is 1.31 bits per heavy atom. The van der Waals surface area contributed by atoms with Crippen LogP contribution in [0.5, 0.6) is 0 Å². The molecule has 0 unspecified atom stereocenters. The summed E-state index contributed by atoms with van der Waals surface area (Å²) >= 11 is 0. The summed E-state index contributed by atoms with van der Waals surface area (Å²) in [5, 5.41) is 0. The van der Waals surface area contributed by atoms with Crippen LogP contribution in [0.2, 0.25) is 0 Å². The lowest BCUT2D eigenvalue weighted by Crippen LogP contribution is -2.59. The predicted molar refractivity (Wildman–Crippen MR) is 53.8 cm³/mol. The van der Waals surface area contributed by atoms with Gasteiger partial charge in [0.15, 0.2) is 0 Å². The van der Waals surface area contributed by atoms with Crippen molar-refractivity contribution >= 4 is 0 Å². The Morgan fingerprint density at radius 2 is 2.00 bits per heavy atom. The van der Waals surface area contributed by atoms with Gasteiger partial charge in [0, 0.05) is 31.2 Å². The molecule has 2 heterocycles. The molecule has 0 saturated carbocycles. The van der Waals surface area contributed by atoms with E-state index < -0.39 is 0 Å². The molecular weight excluding hydrogens is 162 g/mol. The van der Waals surface area contributed by atoms with E-state index in [1.165, 1.54) is 32.4 Å². The zero-order valence-electron chi connectivity index (χ0n) is 8.88. The molecule has 13 heavy (non-hydrogen) atoms. The molecule has 2 saturated heterocycles. The van der Waals surface area contributed by atoms with E-state index in [4.69, 9.17) is 4.74 Å². The Labute approximate surface area is 81.3 Å². The summed E-state index contributed by atoms with van der Waals surface area (Å²) in [7, 11) is 0. The molecule has 0 atom stereocenters. The standard InChI is InChI=1S/C11H21NO/c1-3-10(4-2)12-7-11(8-12)5-6-13-9-11/h10H,3-9H2,1-2H3. The fourth-order valence-corrected chi connectivity index (χ4v) is 2.78. The Morgan fingerprint density at radius 3 is 2.46 bits per heavy atom. The molecule has 0 radical (unpaired) electrons. The molecule has 0 bridgehead atoms. The van der Waals surface area contributed by atoms with E-state index in [0.29, 0.717) is 5.41 Å². The number of hydrogen-bond acceptors (Lipinski definition) is 2. The van der Waals surface area contributed by atoms with Gasteiger partial charge in [0.25, 0.3) is 0 Å². The third kappa shape index (κ3) is 1.62. The van der Waals surface area contributed by atoms with Crippen LogP contribution >= 0.6 is 0 Å². The highest BCUT2D eigenvalue weighted by Gasteiger charge is 2.46. The largest absolute Gasteiger partial charge is 0.381 e. The summed E-state index contributed by atoms with van der Waals surface area (Å²) < 4.78 is 5.47. The van der Waals surface area contributed by atoms with Crippen LogP contribution in [0.3, 0.4) is 0 Å². The first-order chi connectivity index (χ1) is 6.29. The van der Waals surface area contributed by atoms with E-state index in [0.717, 1.165) is 19.3 Å². The molecule has 2 rings (SSSR count). The highest BCUT2D eigenvalue weighted by molar-refractivity contribution is 4.99. The third-order valence-corrected chi connectivity index (χ3v) is 3.72. The van der Waals surface area contributed by atoms with Gasteiger partial charge in [-0.15, -0.1) is 0 Å². The van der Waals surface area contributed by atoms with Gasteiger partial charge in [-0.3, -0.25) is 4.90 Å². The fraction of sp³-hybridized carbons (Fsp3) is 1.00. The smallest absolute Gasteiger partial charge is 0.0547 e. The molecule has 2 nitrogen and oxygen atoms in total. The van der Waals surface area contributed by atoms with Crippen LogP contribution in [-0.4, -0.2) is 37.2 Å². The van der Waals surface area contributed by atoms with Gasteiger partial charge in [0.2, 0.25) is 0 Å². The van der Waals surface area contributed by atoms with Gasteiger partial charge in [-0.25, -0.2) is 0 Å².